The van der Waals surface area contributed by atoms with Crippen molar-refractivity contribution in [3.05, 3.63) is 23.8 Å². The topological polar surface area (TPSA) is 32.7 Å². The van der Waals surface area contributed by atoms with Gasteiger partial charge in [-0.05, 0) is 30.2 Å². The Hall–Kier alpha value is -1.22. The molecule has 0 saturated carbocycles. The summed E-state index contributed by atoms with van der Waals surface area (Å²) in [6, 6.07) is 5.92. The number of nitrogens with zero attached hydrogens (tertiary/aromatic N) is 1. The first-order valence-corrected chi connectivity index (χ1v) is 6.76. The average Bonchev–Trinajstić information content (AvgIpc) is 2.71. The molecular weight excluding hydrogens is 226 g/mol. The number of ether oxygens (including phenoxy) is 1. The molecule has 1 heterocycles. The molecule has 0 bridgehead atoms. The van der Waals surface area contributed by atoms with Crippen LogP contribution in [-0.2, 0) is 11.2 Å². The molecule has 1 aliphatic rings. The van der Waals surface area contributed by atoms with Crippen LogP contribution in [0.15, 0.2) is 18.2 Å². The Morgan fingerprint density at radius 1 is 1.28 bits per heavy atom. The lowest BCUT2D eigenvalue weighted by atomic mass is 10.1. The third-order valence-electron chi connectivity index (χ3n) is 2.81. The van der Waals surface area contributed by atoms with E-state index in [1.807, 2.05) is 39.8 Å². The van der Waals surface area contributed by atoms with E-state index in [1.54, 1.807) is 13.2 Å². The largest absolute Gasteiger partial charge is 0.508 e. The number of rotatable bonds is 2. The van der Waals surface area contributed by atoms with Crippen LogP contribution in [0.2, 0.25) is 0 Å². The Balaban J connectivity index is 0.000000659. The minimum atomic E-state index is 0.343. The Kier molecular flexibility index (Phi) is 8.21. The van der Waals surface area contributed by atoms with Crippen LogP contribution in [0.1, 0.15) is 33.3 Å². The first kappa shape index (κ1) is 16.8. The minimum absolute atomic E-state index is 0.343. The Labute approximate surface area is 111 Å². The number of benzene rings is 1. The summed E-state index contributed by atoms with van der Waals surface area (Å²) < 4.78 is 5.15. The molecule has 2 rings (SSSR count). The fourth-order valence-corrected chi connectivity index (χ4v) is 2.03. The number of aromatic hydroxyl groups is 1. The highest BCUT2D eigenvalue weighted by atomic mass is 16.5. The number of hydrogen-bond acceptors (Lipinski definition) is 3. The van der Waals surface area contributed by atoms with Crippen LogP contribution >= 0.6 is 0 Å². The van der Waals surface area contributed by atoms with Crippen LogP contribution < -0.4 is 4.90 Å². The van der Waals surface area contributed by atoms with Gasteiger partial charge in [-0.25, -0.2) is 0 Å². The van der Waals surface area contributed by atoms with E-state index < -0.39 is 0 Å². The van der Waals surface area contributed by atoms with Crippen molar-refractivity contribution in [1.29, 1.82) is 0 Å². The summed E-state index contributed by atoms with van der Waals surface area (Å²) in [6.45, 7) is 8.73. The molecule has 18 heavy (non-hydrogen) atoms. The molecule has 1 aromatic carbocycles. The number of anilines is 1. The Morgan fingerprint density at radius 3 is 2.44 bits per heavy atom. The van der Waals surface area contributed by atoms with Crippen LogP contribution in [0, 0.1) is 0 Å². The van der Waals surface area contributed by atoms with Gasteiger partial charge in [0.05, 0.1) is 12.6 Å². The van der Waals surface area contributed by atoms with E-state index in [-0.39, 0.29) is 0 Å². The van der Waals surface area contributed by atoms with Crippen molar-refractivity contribution in [1.82, 2.24) is 0 Å². The van der Waals surface area contributed by atoms with E-state index in [4.69, 9.17) is 4.74 Å². The zero-order valence-electron chi connectivity index (χ0n) is 12.5. The first-order chi connectivity index (χ1) is 8.72. The minimum Gasteiger partial charge on any atom is -0.508 e. The number of likely N-dealkylation sites (N-methyl/N-ethyl adjacent to an activating group) is 1. The predicted molar refractivity (Wildman–Crippen MR) is 78.6 cm³/mol. The van der Waals surface area contributed by atoms with E-state index in [0.29, 0.717) is 11.8 Å². The van der Waals surface area contributed by atoms with E-state index >= 15 is 0 Å². The highest BCUT2D eigenvalue weighted by Gasteiger charge is 2.26. The number of fused-ring (bicyclic) bond motifs is 1. The molecular formula is C15H27NO2. The molecule has 0 saturated heterocycles. The highest BCUT2D eigenvalue weighted by Crippen LogP contribution is 2.33. The Morgan fingerprint density at radius 2 is 1.89 bits per heavy atom. The van der Waals surface area contributed by atoms with Crippen molar-refractivity contribution in [2.24, 2.45) is 0 Å². The highest BCUT2D eigenvalue weighted by molar-refractivity contribution is 5.60. The average molecular weight is 253 g/mol. The van der Waals surface area contributed by atoms with Crippen molar-refractivity contribution in [3.8, 4) is 5.75 Å². The van der Waals surface area contributed by atoms with Crippen LogP contribution in [0.3, 0.4) is 0 Å². The second-order valence-electron chi connectivity index (χ2n) is 3.74. The van der Waals surface area contributed by atoms with E-state index in [0.717, 1.165) is 13.0 Å². The maximum atomic E-state index is 9.35. The number of methoxy groups -OCH3 is 1. The van der Waals surface area contributed by atoms with E-state index in [2.05, 4.69) is 11.9 Å². The summed E-state index contributed by atoms with van der Waals surface area (Å²) in [4.78, 5) is 2.21. The third-order valence-corrected chi connectivity index (χ3v) is 2.81. The smallest absolute Gasteiger partial charge is 0.116 e. The second-order valence-corrected chi connectivity index (χ2v) is 3.74. The van der Waals surface area contributed by atoms with Crippen LogP contribution in [-0.4, -0.2) is 31.9 Å². The third kappa shape index (κ3) is 3.91. The molecule has 0 aliphatic carbocycles. The maximum absolute atomic E-state index is 9.35. The quantitative estimate of drug-likeness (QED) is 0.876. The van der Waals surface area contributed by atoms with Gasteiger partial charge in [0.25, 0.3) is 0 Å². The van der Waals surface area contributed by atoms with Gasteiger partial charge in [0.1, 0.15) is 5.75 Å². The SMILES string of the molecule is CC.CC.COCC1Cc2cc(O)ccc2N1C. The van der Waals surface area contributed by atoms with Gasteiger partial charge in [-0.3, -0.25) is 0 Å². The summed E-state index contributed by atoms with van der Waals surface area (Å²) in [6.07, 6.45) is 0.952. The van der Waals surface area contributed by atoms with Crippen molar-refractivity contribution >= 4 is 5.69 Å². The fourth-order valence-electron chi connectivity index (χ4n) is 2.03. The summed E-state index contributed by atoms with van der Waals surface area (Å²) in [7, 11) is 3.78. The number of hydrogen-bond donors (Lipinski definition) is 1. The normalized spacial score (nSPS) is 16.1. The van der Waals surface area contributed by atoms with Gasteiger partial charge in [0.2, 0.25) is 0 Å². The van der Waals surface area contributed by atoms with Gasteiger partial charge in [-0.2, -0.15) is 0 Å². The monoisotopic (exact) mass is 253 g/mol. The van der Waals surface area contributed by atoms with E-state index in [9.17, 15) is 5.11 Å². The van der Waals surface area contributed by atoms with Gasteiger partial charge >= 0.3 is 0 Å². The molecule has 1 N–H and O–H groups in total. The molecule has 0 radical (unpaired) electrons. The van der Waals surface area contributed by atoms with Crippen LogP contribution in [0.25, 0.3) is 0 Å². The molecule has 0 spiro atoms. The summed E-state index contributed by atoms with van der Waals surface area (Å²) in [5, 5.41) is 9.35. The van der Waals surface area contributed by atoms with Gasteiger partial charge in [-0.15, -0.1) is 0 Å². The molecule has 1 unspecified atom stereocenters. The van der Waals surface area contributed by atoms with E-state index in [1.165, 1.54) is 11.3 Å². The lowest BCUT2D eigenvalue weighted by Gasteiger charge is -2.21. The van der Waals surface area contributed by atoms with Gasteiger partial charge in [0.15, 0.2) is 0 Å². The molecule has 1 aliphatic heterocycles. The summed E-state index contributed by atoms with van der Waals surface area (Å²) >= 11 is 0. The first-order valence-electron chi connectivity index (χ1n) is 6.76. The molecule has 104 valence electrons. The maximum Gasteiger partial charge on any atom is 0.116 e. The number of phenols is 1. The lowest BCUT2D eigenvalue weighted by Crippen LogP contribution is -2.31. The van der Waals surface area contributed by atoms with Gasteiger partial charge < -0.3 is 14.7 Å². The van der Waals surface area contributed by atoms with Crippen LogP contribution in [0.5, 0.6) is 5.75 Å². The standard InChI is InChI=1S/C11H15NO2.2C2H6/c1-12-9(7-14-2)5-8-6-10(13)3-4-11(8)12;2*1-2/h3-4,6,9,13H,5,7H2,1-2H3;2*1-2H3. The van der Waals surface area contributed by atoms with Crippen molar-refractivity contribution < 1.29 is 9.84 Å². The molecule has 1 atom stereocenters. The zero-order chi connectivity index (χ0) is 14.1. The van der Waals surface area contributed by atoms with Crippen molar-refractivity contribution in [2.75, 3.05) is 25.7 Å². The Bertz CT molecular complexity index is 339. The fraction of sp³-hybridized carbons (Fsp3) is 0.600. The second kappa shape index (κ2) is 8.81. The summed E-state index contributed by atoms with van der Waals surface area (Å²) in [5.41, 5.74) is 2.40. The van der Waals surface area contributed by atoms with Crippen molar-refractivity contribution in [3.63, 3.8) is 0 Å². The molecule has 0 fully saturated rings. The zero-order valence-corrected chi connectivity index (χ0v) is 12.5. The van der Waals surface area contributed by atoms with Crippen LogP contribution in [0.4, 0.5) is 5.69 Å². The van der Waals surface area contributed by atoms with Gasteiger partial charge in [0, 0.05) is 19.8 Å². The molecule has 0 aromatic heterocycles. The molecule has 1 aromatic rings. The molecule has 3 heteroatoms. The molecule has 3 nitrogen and oxygen atoms in total. The van der Waals surface area contributed by atoms with Gasteiger partial charge in [-0.1, -0.05) is 27.7 Å². The number of phenolic OH excluding ortho intramolecular Hbond substituents is 1. The van der Waals surface area contributed by atoms with Crippen molar-refractivity contribution in [2.45, 2.75) is 40.2 Å². The predicted octanol–water partition coefficient (Wildman–Crippen LogP) is 3.45. The lowest BCUT2D eigenvalue weighted by molar-refractivity contribution is 0.180. The molecule has 0 amide bonds. The summed E-state index contributed by atoms with van der Waals surface area (Å²) in [5.74, 6) is 0.343.